The van der Waals surface area contributed by atoms with Crippen LogP contribution in [0.3, 0.4) is 0 Å². The van der Waals surface area contributed by atoms with Gasteiger partial charge in [-0.3, -0.25) is 4.79 Å². The molecular weight excluding hydrogens is 526 g/mol. The molecule has 1 N–H and O–H groups in total. The highest BCUT2D eigenvalue weighted by Gasteiger charge is 2.38. The lowest BCUT2D eigenvalue weighted by Gasteiger charge is -2.34. The van der Waals surface area contributed by atoms with Gasteiger partial charge in [-0.1, -0.05) is 0 Å². The Kier molecular flexibility index (Phi) is 8.40. The minimum absolute atomic E-state index is 0.0472. The van der Waals surface area contributed by atoms with Crippen molar-refractivity contribution in [1.29, 1.82) is 0 Å². The smallest absolute Gasteiger partial charge is 0.425 e. The second-order valence-electron chi connectivity index (χ2n) is 7.37. The van der Waals surface area contributed by atoms with Gasteiger partial charge in [-0.15, -0.1) is 0 Å². The number of anilines is 1. The Balaban J connectivity index is 1.41. The van der Waals surface area contributed by atoms with Crippen LogP contribution in [0.15, 0.2) is 23.4 Å². The van der Waals surface area contributed by atoms with E-state index in [2.05, 4.69) is 15.1 Å². The second-order valence-corrected chi connectivity index (χ2v) is 9.46. The van der Waals surface area contributed by atoms with E-state index < -0.39 is 50.6 Å². The number of piperazine rings is 1. The van der Waals surface area contributed by atoms with Crippen molar-refractivity contribution in [2.24, 2.45) is 0 Å². The summed E-state index contributed by atoms with van der Waals surface area (Å²) >= 11 is 0. The van der Waals surface area contributed by atoms with E-state index in [9.17, 15) is 39.6 Å². The molecule has 11 nitrogen and oxygen atoms in total. The van der Waals surface area contributed by atoms with Gasteiger partial charge in [-0.25, -0.2) is 23.5 Å². The lowest BCUT2D eigenvalue weighted by atomic mass is 10.3. The van der Waals surface area contributed by atoms with Gasteiger partial charge in [0.1, 0.15) is 6.61 Å². The maximum Gasteiger partial charge on any atom is 0.425 e. The topological polar surface area (TPSA) is 131 Å². The predicted molar refractivity (Wildman–Crippen MR) is 111 cm³/mol. The zero-order valence-corrected chi connectivity index (χ0v) is 19.2. The monoisotopic (exact) mass is 546 g/mol. The molecule has 1 aliphatic heterocycles. The standard InChI is InChI=1S/C18H20F6N6O5S/c19-17(20,21)12-9-25-16(26-10-12)29-1-3-30(4-2-29)36(32,33)8-7-34-5-6-35-13-11-27-28-15(31)14(13)18(22,23)24/h9-11H,1-8H2,(H,28,31). The fourth-order valence-electron chi connectivity index (χ4n) is 3.16. The highest BCUT2D eigenvalue weighted by atomic mass is 32.2. The molecule has 0 saturated carbocycles. The highest BCUT2D eigenvalue weighted by molar-refractivity contribution is 7.89. The number of rotatable bonds is 9. The van der Waals surface area contributed by atoms with Gasteiger partial charge in [-0.05, 0) is 0 Å². The Hall–Kier alpha value is -2.99. The van der Waals surface area contributed by atoms with Crippen LogP contribution in [0.1, 0.15) is 11.1 Å². The summed E-state index contributed by atoms with van der Waals surface area (Å²) in [4.78, 5) is 20.3. The summed E-state index contributed by atoms with van der Waals surface area (Å²) < 4.78 is 113. The van der Waals surface area contributed by atoms with Gasteiger partial charge < -0.3 is 14.4 Å². The number of sulfonamides is 1. The van der Waals surface area contributed by atoms with Gasteiger partial charge in [0.15, 0.2) is 11.3 Å². The average molecular weight is 546 g/mol. The van der Waals surface area contributed by atoms with Crippen LogP contribution >= 0.6 is 0 Å². The number of hydrogen-bond donors (Lipinski definition) is 1. The first-order chi connectivity index (χ1) is 16.8. The normalized spacial score (nSPS) is 15.8. The first-order valence-corrected chi connectivity index (χ1v) is 11.9. The van der Waals surface area contributed by atoms with Crippen molar-refractivity contribution in [3.8, 4) is 5.75 Å². The molecule has 1 fully saturated rings. The summed E-state index contributed by atoms with van der Waals surface area (Å²) in [5.74, 6) is -1.14. The van der Waals surface area contributed by atoms with Crippen molar-refractivity contribution in [2.75, 3.05) is 56.7 Å². The van der Waals surface area contributed by atoms with E-state index in [1.165, 1.54) is 4.31 Å². The molecule has 200 valence electrons. The number of nitrogens with zero attached hydrogens (tertiary/aromatic N) is 5. The van der Waals surface area contributed by atoms with E-state index in [4.69, 9.17) is 9.47 Å². The van der Waals surface area contributed by atoms with Crippen molar-refractivity contribution < 1.29 is 44.2 Å². The van der Waals surface area contributed by atoms with Crippen molar-refractivity contribution >= 4 is 16.0 Å². The van der Waals surface area contributed by atoms with Crippen LogP contribution in [0.4, 0.5) is 32.3 Å². The third-order valence-electron chi connectivity index (χ3n) is 4.96. The van der Waals surface area contributed by atoms with Crippen LogP contribution in [-0.4, -0.2) is 84.6 Å². The van der Waals surface area contributed by atoms with Gasteiger partial charge in [0.25, 0.3) is 5.56 Å². The molecule has 0 unspecified atom stereocenters. The third-order valence-corrected chi connectivity index (χ3v) is 6.79. The number of nitrogens with one attached hydrogen (secondary N) is 1. The Morgan fingerprint density at radius 1 is 0.917 bits per heavy atom. The number of H-pyrrole nitrogens is 1. The molecule has 3 heterocycles. The molecule has 1 aliphatic rings. The van der Waals surface area contributed by atoms with Gasteiger partial charge in [-0.2, -0.15) is 35.7 Å². The van der Waals surface area contributed by atoms with Gasteiger partial charge in [0.2, 0.25) is 16.0 Å². The first-order valence-electron chi connectivity index (χ1n) is 10.3. The van der Waals surface area contributed by atoms with Crippen molar-refractivity contribution in [1.82, 2.24) is 24.5 Å². The molecule has 2 aromatic rings. The molecule has 3 rings (SSSR count). The van der Waals surface area contributed by atoms with E-state index in [1.54, 1.807) is 10.00 Å². The Morgan fingerprint density at radius 2 is 1.56 bits per heavy atom. The third kappa shape index (κ3) is 7.03. The number of aromatic nitrogens is 4. The number of hydrogen-bond acceptors (Lipinski definition) is 9. The maximum atomic E-state index is 12.9. The number of ether oxygens (including phenoxy) is 2. The average Bonchev–Trinajstić information content (AvgIpc) is 2.80. The molecule has 0 bridgehead atoms. The summed E-state index contributed by atoms with van der Waals surface area (Å²) in [7, 11) is -3.74. The van der Waals surface area contributed by atoms with E-state index in [1.807, 2.05) is 0 Å². The molecule has 1 saturated heterocycles. The summed E-state index contributed by atoms with van der Waals surface area (Å²) in [5, 5.41) is 4.92. The van der Waals surface area contributed by atoms with E-state index in [-0.39, 0.29) is 51.9 Å². The minimum atomic E-state index is -4.95. The van der Waals surface area contributed by atoms with E-state index in [0.29, 0.717) is 18.6 Å². The first kappa shape index (κ1) is 27.6. The zero-order chi connectivity index (χ0) is 26.6. The predicted octanol–water partition coefficient (Wildman–Crippen LogP) is 1.14. The van der Waals surface area contributed by atoms with Crippen LogP contribution in [0.25, 0.3) is 0 Å². The van der Waals surface area contributed by atoms with Crippen molar-refractivity contribution in [3.05, 3.63) is 40.1 Å². The Labute approximate surface area is 200 Å². The maximum absolute atomic E-state index is 12.9. The van der Waals surface area contributed by atoms with Crippen molar-refractivity contribution in [2.45, 2.75) is 12.4 Å². The zero-order valence-electron chi connectivity index (χ0n) is 18.3. The van der Waals surface area contributed by atoms with Crippen LogP contribution in [0, 0.1) is 0 Å². The van der Waals surface area contributed by atoms with Gasteiger partial charge in [0, 0.05) is 38.6 Å². The Bertz CT molecular complexity index is 1180. The molecule has 0 aromatic carbocycles. The summed E-state index contributed by atoms with van der Waals surface area (Å²) in [6, 6.07) is 0. The molecule has 0 radical (unpaired) electrons. The van der Waals surface area contributed by atoms with Crippen LogP contribution in [0.5, 0.6) is 5.75 Å². The van der Waals surface area contributed by atoms with Crippen LogP contribution in [0.2, 0.25) is 0 Å². The molecule has 0 amide bonds. The molecule has 36 heavy (non-hydrogen) atoms. The fraction of sp³-hybridized carbons (Fsp3) is 0.556. The lowest BCUT2D eigenvalue weighted by Crippen LogP contribution is -2.50. The quantitative estimate of drug-likeness (QED) is 0.364. The number of alkyl halides is 6. The van der Waals surface area contributed by atoms with Crippen molar-refractivity contribution in [3.63, 3.8) is 0 Å². The van der Waals surface area contributed by atoms with Crippen LogP contribution in [-0.2, 0) is 27.1 Å². The molecule has 0 aliphatic carbocycles. The lowest BCUT2D eigenvalue weighted by molar-refractivity contribution is -0.140. The van der Waals surface area contributed by atoms with E-state index in [0.717, 1.165) is 0 Å². The van der Waals surface area contributed by atoms with Gasteiger partial charge in [0.05, 0.1) is 30.7 Å². The SMILES string of the molecule is O=c1[nH]ncc(OCCOCCS(=O)(=O)N2CCN(c3ncc(C(F)(F)F)cn3)CC2)c1C(F)(F)F. The van der Waals surface area contributed by atoms with E-state index >= 15 is 0 Å². The second kappa shape index (κ2) is 11.0. The minimum Gasteiger partial charge on any atom is -0.489 e. The summed E-state index contributed by atoms with van der Waals surface area (Å²) in [6.45, 7) is -0.500. The number of aromatic amines is 1. The van der Waals surface area contributed by atoms with Gasteiger partial charge >= 0.3 is 12.4 Å². The summed E-state index contributed by atoms with van der Waals surface area (Å²) in [6.07, 6.45) is -7.51. The molecule has 2 aromatic heterocycles. The molecule has 0 spiro atoms. The molecular formula is C18H20F6N6O5S. The number of halogens is 6. The molecule has 18 heteroatoms. The molecule has 0 atom stereocenters. The summed E-state index contributed by atoms with van der Waals surface area (Å²) in [5.41, 5.74) is -3.99. The highest BCUT2D eigenvalue weighted by Crippen LogP contribution is 2.32. The largest absolute Gasteiger partial charge is 0.489 e. The van der Waals surface area contributed by atoms with Crippen LogP contribution < -0.4 is 15.2 Å². The Morgan fingerprint density at radius 3 is 2.14 bits per heavy atom. The fourth-order valence-corrected chi connectivity index (χ4v) is 4.47.